The monoisotopic (exact) mass is 406 g/mol. The van der Waals surface area contributed by atoms with Crippen LogP contribution in [0.15, 0.2) is 48.5 Å². The second-order valence-corrected chi connectivity index (χ2v) is 8.04. The number of carbonyl (C=O) groups is 2. The number of hydrogen-bond acceptors (Lipinski definition) is 3. The highest BCUT2D eigenvalue weighted by molar-refractivity contribution is 7.86. The zero-order valence-electron chi connectivity index (χ0n) is 15.2. The standard InChI is InChI=1S/C20H23ClN2O3S/c1-15-9-10-17(12-18(15)21)23-20(25)14-27(26)13-19(24)22-11-5-8-16-6-3-2-4-7-16/h2-4,6-7,9-10,12H,5,8,11,13-14H2,1H3,(H,22,24)(H,23,25)/t27-/m0/s1. The maximum atomic E-state index is 12.0. The molecule has 0 saturated carbocycles. The lowest BCUT2D eigenvalue weighted by Crippen LogP contribution is -2.32. The van der Waals surface area contributed by atoms with Gasteiger partial charge >= 0.3 is 0 Å². The molecule has 1 atom stereocenters. The van der Waals surface area contributed by atoms with E-state index >= 15 is 0 Å². The van der Waals surface area contributed by atoms with Crippen molar-refractivity contribution in [3.63, 3.8) is 0 Å². The summed E-state index contributed by atoms with van der Waals surface area (Å²) in [4.78, 5) is 23.8. The number of amides is 2. The Morgan fingerprint density at radius 1 is 1.04 bits per heavy atom. The molecule has 27 heavy (non-hydrogen) atoms. The van der Waals surface area contributed by atoms with E-state index in [2.05, 4.69) is 10.6 Å². The Kier molecular flexibility index (Phi) is 8.48. The highest BCUT2D eigenvalue weighted by Crippen LogP contribution is 2.19. The van der Waals surface area contributed by atoms with E-state index in [1.54, 1.807) is 18.2 Å². The van der Waals surface area contributed by atoms with Crippen molar-refractivity contribution < 1.29 is 13.8 Å². The SMILES string of the molecule is Cc1ccc(NC(=O)C[S@@](=O)CC(=O)NCCCc2ccccc2)cc1Cl. The number of carbonyl (C=O) groups excluding carboxylic acids is 2. The van der Waals surface area contributed by atoms with Gasteiger partial charge in [0.1, 0.15) is 11.5 Å². The summed E-state index contributed by atoms with van der Waals surface area (Å²) in [5, 5.41) is 5.92. The molecule has 0 aliphatic rings. The summed E-state index contributed by atoms with van der Waals surface area (Å²) >= 11 is 6.01. The molecule has 0 spiro atoms. The van der Waals surface area contributed by atoms with Gasteiger partial charge in [-0.25, -0.2) is 0 Å². The maximum Gasteiger partial charge on any atom is 0.237 e. The zero-order valence-corrected chi connectivity index (χ0v) is 16.7. The van der Waals surface area contributed by atoms with Gasteiger partial charge in [-0.1, -0.05) is 48.0 Å². The fourth-order valence-corrected chi connectivity index (χ4v) is 3.47. The largest absolute Gasteiger partial charge is 0.355 e. The van der Waals surface area contributed by atoms with Crippen LogP contribution < -0.4 is 10.6 Å². The summed E-state index contributed by atoms with van der Waals surface area (Å²) in [6, 6.07) is 15.1. The molecule has 7 heteroatoms. The van der Waals surface area contributed by atoms with Crippen LogP contribution in [0.4, 0.5) is 5.69 Å². The molecule has 2 aromatic rings. The predicted molar refractivity (Wildman–Crippen MR) is 110 cm³/mol. The van der Waals surface area contributed by atoms with Crippen molar-refractivity contribution in [3.8, 4) is 0 Å². The average molecular weight is 407 g/mol. The molecule has 0 aliphatic carbocycles. The molecule has 2 N–H and O–H groups in total. The molecule has 0 aromatic heterocycles. The Bertz CT molecular complexity index is 812. The van der Waals surface area contributed by atoms with Gasteiger partial charge in [-0.15, -0.1) is 0 Å². The molecule has 2 rings (SSSR count). The fraction of sp³-hybridized carbons (Fsp3) is 0.300. The second kappa shape index (κ2) is 10.8. The summed E-state index contributed by atoms with van der Waals surface area (Å²) in [5.74, 6) is -1.14. The molecule has 0 heterocycles. The normalized spacial score (nSPS) is 11.6. The van der Waals surface area contributed by atoms with Crippen molar-refractivity contribution in [2.45, 2.75) is 19.8 Å². The predicted octanol–water partition coefficient (Wildman–Crippen LogP) is 3.08. The quantitative estimate of drug-likeness (QED) is 0.628. The highest BCUT2D eigenvalue weighted by Gasteiger charge is 2.13. The van der Waals surface area contributed by atoms with E-state index in [1.807, 2.05) is 37.3 Å². The summed E-state index contributed by atoms with van der Waals surface area (Å²) in [5.41, 5.74) is 2.66. The highest BCUT2D eigenvalue weighted by atomic mass is 35.5. The molecule has 0 aliphatic heterocycles. The Balaban J connectivity index is 1.65. The molecule has 2 amide bonds. The van der Waals surface area contributed by atoms with Crippen LogP contribution >= 0.6 is 11.6 Å². The molecule has 0 saturated heterocycles. The van der Waals surface area contributed by atoms with Crippen LogP contribution in [0.25, 0.3) is 0 Å². The van der Waals surface area contributed by atoms with Crippen LogP contribution in [-0.2, 0) is 26.8 Å². The van der Waals surface area contributed by atoms with Crippen molar-refractivity contribution in [2.24, 2.45) is 0 Å². The lowest BCUT2D eigenvalue weighted by atomic mass is 10.1. The Labute approximate surface area is 167 Å². The van der Waals surface area contributed by atoms with E-state index in [0.29, 0.717) is 17.3 Å². The van der Waals surface area contributed by atoms with Gasteiger partial charge in [0.05, 0.1) is 0 Å². The first-order valence-corrected chi connectivity index (χ1v) is 10.5. The maximum absolute atomic E-state index is 12.0. The second-order valence-electron chi connectivity index (χ2n) is 6.18. The molecular formula is C20H23ClN2O3S. The Hall–Kier alpha value is -2.18. The number of benzene rings is 2. The molecule has 144 valence electrons. The number of halogens is 1. The van der Waals surface area contributed by atoms with Crippen molar-refractivity contribution in [1.29, 1.82) is 0 Å². The zero-order chi connectivity index (χ0) is 19.6. The van der Waals surface area contributed by atoms with Gasteiger partial charge in [-0.2, -0.15) is 0 Å². The Morgan fingerprint density at radius 3 is 2.44 bits per heavy atom. The smallest absolute Gasteiger partial charge is 0.237 e. The van der Waals surface area contributed by atoms with E-state index in [-0.39, 0.29) is 17.4 Å². The van der Waals surface area contributed by atoms with Gasteiger partial charge in [-0.3, -0.25) is 13.8 Å². The van der Waals surface area contributed by atoms with Gasteiger partial charge in [0.2, 0.25) is 11.8 Å². The van der Waals surface area contributed by atoms with Gasteiger partial charge in [0, 0.05) is 28.1 Å². The van der Waals surface area contributed by atoms with E-state index in [1.165, 1.54) is 5.56 Å². The average Bonchev–Trinajstić information content (AvgIpc) is 2.62. The summed E-state index contributed by atoms with van der Waals surface area (Å²) in [6.07, 6.45) is 1.67. The minimum Gasteiger partial charge on any atom is -0.355 e. The van der Waals surface area contributed by atoms with E-state index in [0.717, 1.165) is 18.4 Å². The van der Waals surface area contributed by atoms with Crippen molar-refractivity contribution in [3.05, 3.63) is 64.7 Å². The number of anilines is 1. The first-order chi connectivity index (χ1) is 12.9. The number of aryl methyl sites for hydroxylation is 2. The van der Waals surface area contributed by atoms with Crippen molar-refractivity contribution in [1.82, 2.24) is 5.32 Å². The first kappa shape index (κ1) is 21.1. The molecule has 0 radical (unpaired) electrons. The van der Waals surface area contributed by atoms with Gasteiger partial charge in [0.15, 0.2) is 0 Å². The van der Waals surface area contributed by atoms with Gasteiger partial charge in [0.25, 0.3) is 0 Å². The molecular weight excluding hydrogens is 384 g/mol. The van der Waals surface area contributed by atoms with Crippen LogP contribution in [0.1, 0.15) is 17.5 Å². The molecule has 5 nitrogen and oxygen atoms in total. The van der Waals surface area contributed by atoms with Gasteiger partial charge in [-0.05, 0) is 43.0 Å². The number of nitrogens with one attached hydrogen (secondary N) is 2. The van der Waals surface area contributed by atoms with Crippen LogP contribution in [0, 0.1) is 6.92 Å². The van der Waals surface area contributed by atoms with E-state index < -0.39 is 16.7 Å². The van der Waals surface area contributed by atoms with Crippen LogP contribution in [0.5, 0.6) is 0 Å². The van der Waals surface area contributed by atoms with Crippen molar-refractivity contribution >= 4 is 39.9 Å². The summed E-state index contributed by atoms with van der Waals surface area (Å²) in [7, 11) is -1.56. The van der Waals surface area contributed by atoms with Crippen LogP contribution in [0.2, 0.25) is 5.02 Å². The minimum absolute atomic E-state index is 0.187. The first-order valence-electron chi connectivity index (χ1n) is 8.65. The molecule has 0 unspecified atom stereocenters. The molecule has 2 aromatic carbocycles. The molecule has 0 bridgehead atoms. The lowest BCUT2D eigenvalue weighted by molar-refractivity contribution is -0.118. The number of rotatable bonds is 9. The third-order valence-corrected chi connectivity index (χ3v) is 5.42. The third kappa shape index (κ3) is 7.93. The van der Waals surface area contributed by atoms with Gasteiger partial charge < -0.3 is 10.6 Å². The van der Waals surface area contributed by atoms with E-state index in [9.17, 15) is 13.8 Å². The topological polar surface area (TPSA) is 75.3 Å². The van der Waals surface area contributed by atoms with Crippen molar-refractivity contribution in [2.75, 3.05) is 23.4 Å². The number of hydrogen-bond donors (Lipinski definition) is 2. The van der Waals surface area contributed by atoms with Crippen LogP contribution in [-0.4, -0.2) is 34.1 Å². The Morgan fingerprint density at radius 2 is 1.74 bits per heavy atom. The minimum atomic E-state index is -1.56. The molecule has 0 fully saturated rings. The third-order valence-electron chi connectivity index (χ3n) is 3.85. The summed E-state index contributed by atoms with van der Waals surface area (Å²) in [6.45, 7) is 2.38. The summed E-state index contributed by atoms with van der Waals surface area (Å²) < 4.78 is 12.0. The fourth-order valence-electron chi connectivity index (χ4n) is 2.43. The lowest BCUT2D eigenvalue weighted by Gasteiger charge is -2.08. The van der Waals surface area contributed by atoms with E-state index in [4.69, 9.17) is 11.6 Å². The van der Waals surface area contributed by atoms with Crippen LogP contribution in [0.3, 0.4) is 0 Å².